The minimum Gasteiger partial charge on any atom is -0.379 e. The molecule has 0 radical (unpaired) electrons. The lowest BCUT2D eigenvalue weighted by atomic mass is 9.95. The van der Waals surface area contributed by atoms with Crippen LogP contribution in [0.5, 0.6) is 0 Å². The summed E-state index contributed by atoms with van der Waals surface area (Å²) in [7, 11) is 1.70. The number of hydrogen-bond acceptors (Lipinski definition) is 4. The summed E-state index contributed by atoms with van der Waals surface area (Å²) in [5.41, 5.74) is 3.29. The van der Waals surface area contributed by atoms with E-state index in [1.165, 1.54) is 0 Å². The van der Waals surface area contributed by atoms with Gasteiger partial charge < -0.3 is 20.3 Å². The van der Waals surface area contributed by atoms with Crippen LogP contribution >= 0.6 is 0 Å². The second kappa shape index (κ2) is 10.4. The molecule has 0 fully saturated rings. The van der Waals surface area contributed by atoms with E-state index in [4.69, 9.17) is 4.74 Å². The minimum atomic E-state index is -0.933. The summed E-state index contributed by atoms with van der Waals surface area (Å²) in [6.45, 7) is 6.41. The number of ether oxygens (including phenoxy) is 1. The van der Waals surface area contributed by atoms with Crippen molar-refractivity contribution in [1.29, 1.82) is 0 Å². The molecule has 32 heavy (non-hydrogen) atoms. The Bertz CT molecular complexity index is 989. The zero-order valence-corrected chi connectivity index (χ0v) is 19.1. The number of carbonyl (C=O) groups is 3. The predicted molar refractivity (Wildman–Crippen MR) is 124 cm³/mol. The van der Waals surface area contributed by atoms with Gasteiger partial charge in [0.1, 0.15) is 12.0 Å². The molecular weight excluding hydrogens is 406 g/mol. The number of likely N-dealkylation sites (N-methyl/N-ethyl adjacent to an activating group) is 1. The molecule has 1 aliphatic rings. The molecule has 0 unspecified atom stereocenters. The number of benzene rings is 2. The van der Waals surface area contributed by atoms with Crippen molar-refractivity contribution >= 4 is 23.4 Å². The van der Waals surface area contributed by atoms with Gasteiger partial charge in [0.05, 0.1) is 11.8 Å². The Hall–Kier alpha value is -3.19. The van der Waals surface area contributed by atoms with E-state index in [2.05, 4.69) is 10.6 Å². The van der Waals surface area contributed by atoms with Crippen molar-refractivity contribution in [2.24, 2.45) is 5.92 Å². The average Bonchev–Trinajstić information content (AvgIpc) is 2.88. The molecule has 170 valence electrons. The first kappa shape index (κ1) is 23.5. The molecule has 0 aliphatic carbocycles. The largest absolute Gasteiger partial charge is 0.379 e. The number of fused-ring (bicyclic) bond motifs is 3. The second-order valence-corrected chi connectivity index (χ2v) is 8.23. The molecule has 1 aliphatic heterocycles. The zero-order chi connectivity index (χ0) is 23.3. The molecule has 2 atom stereocenters. The van der Waals surface area contributed by atoms with E-state index in [0.717, 1.165) is 16.8 Å². The molecule has 7 nitrogen and oxygen atoms in total. The third-order valence-corrected chi connectivity index (χ3v) is 5.55. The standard InChI is InChI=1S/C25H31N3O4/c1-16(2)32-15-9-14-26-23(29)17(3)24(30)27-22-20-12-6-5-10-18(20)19-11-7-8-13-21(19)28(4)25(22)31/h5-8,10-13,16-17,22H,9,14-15H2,1-4H3,(H,26,29)(H,27,30)/t17-,22+/m1/s1. The average molecular weight is 438 g/mol. The topological polar surface area (TPSA) is 87.7 Å². The van der Waals surface area contributed by atoms with Crippen molar-refractivity contribution in [3.8, 4) is 11.1 Å². The highest BCUT2D eigenvalue weighted by molar-refractivity contribution is 6.07. The first-order chi connectivity index (χ1) is 15.3. The molecule has 2 N–H and O–H groups in total. The van der Waals surface area contributed by atoms with E-state index in [1.807, 2.05) is 62.4 Å². The summed E-state index contributed by atoms with van der Waals surface area (Å²) in [6, 6.07) is 14.3. The summed E-state index contributed by atoms with van der Waals surface area (Å²) >= 11 is 0. The van der Waals surface area contributed by atoms with Crippen LogP contribution in [-0.2, 0) is 19.1 Å². The van der Waals surface area contributed by atoms with Gasteiger partial charge in [-0.2, -0.15) is 0 Å². The van der Waals surface area contributed by atoms with Crippen molar-refractivity contribution in [3.63, 3.8) is 0 Å². The van der Waals surface area contributed by atoms with E-state index in [0.29, 0.717) is 25.1 Å². The molecule has 0 aromatic heterocycles. The smallest absolute Gasteiger partial charge is 0.253 e. The molecular formula is C25H31N3O4. The summed E-state index contributed by atoms with van der Waals surface area (Å²) < 4.78 is 5.45. The van der Waals surface area contributed by atoms with E-state index < -0.39 is 17.9 Å². The Balaban J connectivity index is 1.73. The number of anilines is 1. The highest BCUT2D eigenvalue weighted by Gasteiger charge is 2.34. The van der Waals surface area contributed by atoms with Crippen molar-refractivity contribution < 1.29 is 19.1 Å². The van der Waals surface area contributed by atoms with Crippen LogP contribution in [0.25, 0.3) is 11.1 Å². The van der Waals surface area contributed by atoms with Gasteiger partial charge >= 0.3 is 0 Å². The first-order valence-electron chi connectivity index (χ1n) is 11.0. The zero-order valence-electron chi connectivity index (χ0n) is 19.1. The van der Waals surface area contributed by atoms with Gasteiger partial charge in [0, 0.05) is 25.8 Å². The molecule has 3 rings (SSSR count). The monoisotopic (exact) mass is 437 g/mol. The van der Waals surface area contributed by atoms with Gasteiger partial charge in [-0.1, -0.05) is 42.5 Å². The minimum absolute atomic E-state index is 0.139. The highest BCUT2D eigenvalue weighted by atomic mass is 16.5. The molecule has 7 heteroatoms. The number of para-hydroxylation sites is 1. The van der Waals surface area contributed by atoms with Crippen LogP contribution in [0.3, 0.4) is 0 Å². The number of rotatable bonds is 8. The summed E-state index contributed by atoms with van der Waals surface area (Å²) in [4.78, 5) is 40.2. The SMILES string of the molecule is CC(C)OCCCNC(=O)[C@@H](C)C(=O)N[C@@H]1C(=O)N(C)c2ccccc2-c2ccccc21. The van der Waals surface area contributed by atoms with Gasteiger partial charge in [-0.3, -0.25) is 14.4 Å². The van der Waals surface area contributed by atoms with Gasteiger partial charge in [0.15, 0.2) is 0 Å². The number of amides is 3. The van der Waals surface area contributed by atoms with Crippen LogP contribution in [0.2, 0.25) is 0 Å². The normalized spacial score (nSPS) is 16.1. The van der Waals surface area contributed by atoms with Gasteiger partial charge in [-0.25, -0.2) is 0 Å². The van der Waals surface area contributed by atoms with Gasteiger partial charge in [-0.05, 0) is 44.4 Å². The predicted octanol–water partition coefficient (Wildman–Crippen LogP) is 3.05. The van der Waals surface area contributed by atoms with Crippen molar-refractivity contribution in [2.45, 2.75) is 39.3 Å². The Labute approximate surface area is 189 Å². The maximum absolute atomic E-state index is 13.3. The van der Waals surface area contributed by atoms with Crippen LogP contribution in [0, 0.1) is 5.92 Å². The fourth-order valence-corrected chi connectivity index (χ4v) is 3.71. The first-order valence-corrected chi connectivity index (χ1v) is 11.0. The van der Waals surface area contributed by atoms with Crippen LogP contribution < -0.4 is 15.5 Å². The third kappa shape index (κ3) is 5.16. The van der Waals surface area contributed by atoms with E-state index >= 15 is 0 Å². The van der Waals surface area contributed by atoms with E-state index in [1.54, 1.807) is 18.9 Å². The maximum Gasteiger partial charge on any atom is 0.253 e. The van der Waals surface area contributed by atoms with E-state index in [-0.39, 0.29) is 17.9 Å². The quantitative estimate of drug-likeness (QED) is 0.491. The van der Waals surface area contributed by atoms with Crippen LogP contribution in [0.15, 0.2) is 48.5 Å². The number of nitrogens with zero attached hydrogens (tertiary/aromatic N) is 1. The number of hydrogen-bond donors (Lipinski definition) is 2. The van der Waals surface area contributed by atoms with Gasteiger partial charge in [0.2, 0.25) is 11.8 Å². The molecule has 0 spiro atoms. The fourth-order valence-electron chi connectivity index (χ4n) is 3.71. The Kier molecular flexibility index (Phi) is 7.64. The van der Waals surface area contributed by atoms with Crippen molar-refractivity contribution in [3.05, 3.63) is 54.1 Å². The fraction of sp³-hybridized carbons (Fsp3) is 0.400. The molecule has 0 bridgehead atoms. The lowest BCUT2D eigenvalue weighted by molar-refractivity contribution is -0.136. The second-order valence-electron chi connectivity index (χ2n) is 8.23. The molecule has 3 amide bonds. The van der Waals surface area contributed by atoms with Crippen LogP contribution in [0.4, 0.5) is 5.69 Å². The summed E-state index contributed by atoms with van der Waals surface area (Å²) in [5.74, 6) is -2.06. The van der Waals surface area contributed by atoms with Crippen molar-refractivity contribution in [2.75, 3.05) is 25.1 Å². The van der Waals surface area contributed by atoms with Gasteiger partial charge in [-0.15, -0.1) is 0 Å². The molecule has 0 saturated carbocycles. The van der Waals surface area contributed by atoms with Crippen LogP contribution in [0.1, 0.15) is 38.8 Å². The Morgan fingerprint density at radius 1 is 1.00 bits per heavy atom. The summed E-state index contributed by atoms with van der Waals surface area (Å²) in [5, 5.41) is 5.58. The molecule has 1 heterocycles. The molecule has 2 aromatic rings. The van der Waals surface area contributed by atoms with Crippen molar-refractivity contribution in [1.82, 2.24) is 10.6 Å². The lowest BCUT2D eigenvalue weighted by Crippen LogP contribution is -2.46. The highest BCUT2D eigenvalue weighted by Crippen LogP contribution is 2.39. The van der Waals surface area contributed by atoms with Crippen LogP contribution in [-0.4, -0.2) is 44.0 Å². The Morgan fingerprint density at radius 3 is 2.38 bits per heavy atom. The lowest BCUT2D eigenvalue weighted by Gasteiger charge is -2.24. The summed E-state index contributed by atoms with van der Waals surface area (Å²) in [6.07, 6.45) is 0.801. The number of carbonyl (C=O) groups excluding carboxylic acids is 3. The third-order valence-electron chi connectivity index (χ3n) is 5.55. The Morgan fingerprint density at radius 2 is 1.66 bits per heavy atom. The maximum atomic E-state index is 13.3. The molecule has 0 saturated heterocycles. The molecule has 2 aromatic carbocycles. The van der Waals surface area contributed by atoms with Gasteiger partial charge in [0.25, 0.3) is 5.91 Å². The number of nitrogens with one attached hydrogen (secondary N) is 2. The van der Waals surface area contributed by atoms with E-state index in [9.17, 15) is 14.4 Å².